The first kappa shape index (κ1) is 15.2. The largest absolute Gasteiger partial charge is 0.497 e. The van der Waals surface area contributed by atoms with Crippen molar-refractivity contribution < 1.29 is 4.74 Å². The first-order valence-electron chi connectivity index (χ1n) is 8.02. The molecule has 3 heterocycles. The lowest BCUT2D eigenvalue weighted by Crippen LogP contribution is -2.10. The van der Waals surface area contributed by atoms with Crippen molar-refractivity contribution in [3.63, 3.8) is 0 Å². The summed E-state index contributed by atoms with van der Waals surface area (Å²) in [7, 11) is 1.66. The molecule has 126 valence electrons. The number of methoxy groups -OCH3 is 1. The first-order chi connectivity index (χ1) is 12.3. The molecule has 1 aromatic carbocycles. The van der Waals surface area contributed by atoms with Gasteiger partial charge in [0.25, 0.3) is 0 Å². The van der Waals surface area contributed by atoms with Gasteiger partial charge in [-0.05, 0) is 30.3 Å². The maximum absolute atomic E-state index is 5.23. The average molecular weight is 334 g/mol. The van der Waals surface area contributed by atoms with Crippen LogP contribution in [0.2, 0.25) is 0 Å². The molecule has 0 N–H and O–H groups in total. The fourth-order valence-electron chi connectivity index (χ4n) is 2.76. The molecule has 4 rings (SSSR count). The monoisotopic (exact) mass is 334 g/mol. The van der Waals surface area contributed by atoms with Gasteiger partial charge >= 0.3 is 0 Å². The number of aromatic nitrogens is 6. The van der Waals surface area contributed by atoms with Crippen LogP contribution in [-0.4, -0.2) is 36.0 Å². The third kappa shape index (κ3) is 3.03. The van der Waals surface area contributed by atoms with Crippen molar-refractivity contribution in [1.82, 2.24) is 28.9 Å². The molecule has 25 heavy (non-hydrogen) atoms. The summed E-state index contributed by atoms with van der Waals surface area (Å²) in [5.74, 6) is 2.45. The third-order valence-electron chi connectivity index (χ3n) is 4.04. The van der Waals surface area contributed by atoms with Gasteiger partial charge in [0.1, 0.15) is 5.75 Å². The van der Waals surface area contributed by atoms with Crippen LogP contribution in [0, 0.1) is 0 Å². The van der Waals surface area contributed by atoms with Crippen molar-refractivity contribution in [2.75, 3.05) is 7.11 Å². The van der Waals surface area contributed by atoms with E-state index in [2.05, 4.69) is 19.6 Å². The minimum Gasteiger partial charge on any atom is -0.497 e. The molecule has 0 saturated carbocycles. The molecule has 0 spiro atoms. The summed E-state index contributed by atoms with van der Waals surface area (Å²) in [5, 5.41) is 4.24. The topological polar surface area (TPSA) is 62.7 Å². The highest BCUT2D eigenvalue weighted by molar-refractivity contribution is 5.51. The van der Waals surface area contributed by atoms with Gasteiger partial charge in [-0.2, -0.15) is 5.10 Å². The zero-order chi connectivity index (χ0) is 17.1. The van der Waals surface area contributed by atoms with Gasteiger partial charge in [0, 0.05) is 49.4 Å². The maximum atomic E-state index is 5.23. The number of ether oxygens (including phenoxy) is 1. The minimum atomic E-state index is 0.770. The van der Waals surface area contributed by atoms with Gasteiger partial charge in [-0.15, -0.1) is 0 Å². The number of aryl methyl sites for hydroxylation is 2. The molecule has 0 unspecified atom stereocenters. The van der Waals surface area contributed by atoms with Crippen LogP contribution in [0.25, 0.3) is 17.3 Å². The molecule has 0 fully saturated rings. The lowest BCUT2D eigenvalue weighted by atomic mass is 10.3. The summed E-state index contributed by atoms with van der Waals surface area (Å²) in [5.41, 5.74) is 1.01. The average Bonchev–Trinajstić information content (AvgIpc) is 3.40. The molecular formula is C18H18N6O. The van der Waals surface area contributed by atoms with Crippen LogP contribution >= 0.6 is 0 Å². The summed E-state index contributed by atoms with van der Waals surface area (Å²) in [6, 6.07) is 9.79. The number of benzene rings is 1. The summed E-state index contributed by atoms with van der Waals surface area (Å²) >= 11 is 0. The van der Waals surface area contributed by atoms with E-state index in [0.717, 1.165) is 36.2 Å². The van der Waals surface area contributed by atoms with Crippen molar-refractivity contribution in [2.45, 2.75) is 13.1 Å². The fourth-order valence-corrected chi connectivity index (χ4v) is 2.76. The van der Waals surface area contributed by atoms with Crippen molar-refractivity contribution in [3.05, 3.63) is 67.5 Å². The Hall–Kier alpha value is -3.35. The number of imidazole rings is 2. The molecule has 3 aromatic heterocycles. The molecule has 0 radical (unpaired) electrons. The highest BCUT2D eigenvalue weighted by Gasteiger charge is 2.13. The Morgan fingerprint density at radius 1 is 0.880 bits per heavy atom. The second-order valence-electron chi connectivity index (χ2n) is 5.53. The van der Waals surface area contributed by atoms with Crippen LogP contribution in [0.1, 0.15) is 0 Å². The second-order valence-corrected chi connectivity index (χ2v) is 5.53. The van der Waals surface area contributed by atoms with Crippen LogP contribution in [0.3, 0.4) is 0 Å². The van der Waals surface area contributed by atoms with Crippen LogP contribution in [-0.2, 0) is 13.1 Å². The van der Waals surface area contributed by atoms with Crippen molar-refractivity contribution in [1.29, 1.82) is 0 Å². The van der Waals surface area contributed by atoms with E-state index in [4.69, 9.17) is 4.74 Å². The lowest BCUT2D eigenvalue weighted by molar-refractivity contribution is 0.415. The van der Waals surface area contributed by atoms with E-state index < -0.39 is 0 Å². The Labute approximate surface area is 145 Å². The number of nitrogens with zero attached hydrogens (tertiary/aromatic N) is 6. The van der Waals surface area contributed by atoms with Gasteiger partial charge < -0.3 is 9.30 Å². The molecular weight excluding hydrogens is 316 g/mol. The molecule has 0 aliphatic heterocycles. The highest BCUT2D eigenvalue weighted by Crippen LogP contribution is 2.22. The summed E-state index contributed by atoms with van der Waals surface area (Å²) in [4.78, 5) is 9.01. The van der Waals surface area contributed by atoms with E-state index in [1.807, 2.05) is 58.2 Å². The van der Waals surface area contributed by atoms with Crippen LogP contribution in [0.4, 0.5) is 0 Å². The SMILES string of the molecule is COc1ccc(-n2ccnc2-c2nccn2CCn2cccn2)cc1. The zero-order valence-electron chi connectivity index (χ0n) is 13.9. The van der Waals surface area contributed by atoms with E-state index in [1.54, 1.807) is 25.7 Å². The first-order valence-corrected chi connectivity index (χ1v) is 8.02. The normalized spacial score (nSPS) is 10.9. The summed E-state index contributed by atoms with van der Waals surface area (Å²) < 4.78 is 11.2. The van der Waals surface area contributed by atoms with E-state index in [0.29, 0.717) is 0 Å². The molecule has 7 nitrogen and oxygen atoms in total. The molecule has 0 atom stereocenters. The van der Waals surface area contributed by atoms with Gasteiger partial charge in [-0.25, -0.2) is 9.97 Å². The van der Waals surface area contributed by atoms with Crippen LogP contribution < -0.4 is 4.74 Å². The van der Waals surface area contributed by atoms with E-state index in [9.17, 15) is 0 Å². The standard InChI is InChI=1S/C18H18N6O/c1-25-16-5-3-15(4-6-16)24-12-9-20-18(24)17-19-8-11-22(17)13-14-23-10-2-7-21-23/h2-12H,13-14H2,1H3. The Bertz CT molecular complexity index is 936. The van der Waals surface area contributed by atoms with Crippen LogP contribution in [0.5, 0.6) is 5.75 Å². The summed E-state index contributed by atoms with van der Waals surface area (Å²) in [6.45, 7) is 1.55. The number of rotatable bonds is 6. The van der Waals surface area contributed by atoms with E-state index >= 15 is 0 Å². The van der Waals surface area contributed by atoms with E-state index in [-0.39, 0.29) is 0 Å². The van der Waals surface area contributed by atoms with E-state index in [1.165, 1.54) is 0 Å². The Kier molecular flexibility index (Phi) is 4.04. The second kappa shape index (κ2) is 6.64. The Morgan fingerprint density at radius 3 is 2.44 bits per heavy atom. The lowest BCUT2D eigenvalue weighted by Gasteiger charge is -2.11. The quantitative estimate of drug-likeness (QED) is 0.544. The zero-order valence-corrected chi connectivity index (χ0v) is 13.9. The number of hydrogen-bond acceptors (Lipinski definition) is 4. The number of hydrogen-bond donors (Lipinski definition) is 0. The predicted octanol–water partition coefficient (Wildman–Crippen LogP) is 2.64. The smallest absolute Gasteiger partial charge is 0.181 e. The van der Waals surface area contributed by atoms with Gasteiger partial charge in [-0.1, -0.05) is 0 Å². The van der Waals surface area contributed by atoms with Gasteiger partial charge in [0.2, 0.25) is 0 Å². The maximum Gasteiger partial charge on any atom is 0.181 e. The molecule has 0 aliphatic rings. The fraction of sp³-hybridized carbons (Fsp3) is 0.167. The van der Waals surface area contributed by atoms with Crippen molar-refractivity contribution in [2.24, 2.45) is 0 Å². The third-order valence-corrected chi connectivity index (χ3v) is 4.04. The highest BCUT2D eigenvalue weighted by atomic mass is 16.5. The molecule has 4 aromatic rings. The molecule has 0 saturated heterocycles. The van der Waals surface area contributed by atoms with Gasteiger partial charge in [0.05, 0.1) is 13.7 Å². The van der Waals surface area contributed by atoms with Crippen molar-refractivity contribution in [3.8, 4) is 23.1 Å². The molecule has 0 amide bonds. The van der Waals surface area contributed by atoms with Gasteiger partial charge in [0.15, 0.2) is 11.6 Å². The predicted molar refractivity (Wildman–Crippen MR) is 93.6 cm³/mol. The summed E-state index contributed by atoms with van der Waals surface area (Å²) in [6.07, 6.45) is 11.2. The van der Waals surface area contributed by atoms with Crippen LogP contribution in [0.15, 0.2) is 67.5 Å². The Morgan fingerprint density at radius 2 is 1.68 bits per heavy atom. The molecule has 0 bridgehead atoms. The minimum absolute atomic E-state index is 0.770. The molecule has 0 aliphatic carbocycles. The Balaban J connectivity index is 1.63. The van der Waals surface area contributed by atoms with Crippen molar-refractivity contribution >= 4 is 0 Å². The molecule has 7 heteroatoms. The van der Waals surface area contributed by atoms with Gasteiger partial charge in [-0.3, -0.25) is 9.25 Å².